The zero-order valence-corrected chi connectivity index (χ0v) is 24.9. The minimum Gasteiger partial charge on any atom is -0.493 e. The van der Waals surface area contributed by atoms with Crippen LogP contribution in [0.25, 0.3) is 0 Å². The predicted molar refractivity (Wildman–Crippen MR) is 156 cm³/mol. The number of benzene rings is 3. The van der Waals surface area contributed by atoms with Crippen molar-refractivity contribution in [3.63, 3.8) is 0 Å². The number of carbonyl (C=O) groups is 2. The van der Waals surface area contributed by atoms with Crippen LogP contribution in [0, 0.1) is 0 Å². The first-order chi connectivity index (χ1) is 19.1. The van der Waals surface area contributed by atoms with Gasteiger partial charge in [0, 0.05) is 19.7 Å². The Hall–Kier alpha value is -3.47. The van der Waals surface area contributed by atoms with E-state index in [-0.39, 0.29) is 28.8 Å². The summed E-state index contributed by atoms with van der Waals surface area (Å²) < 4.78 is 39.5. The molecule has 3 aromatic carbocycles. The summed E-state index contributed by atoms with van der Waals surface area (Å²) in [6.07, 6.45) is 0.292. The van der Waals surface area contributed by atoms with Gasteiger partial charge in [0.2, 0.25) is 11.8 Å². The maximum absolute atomic E-state index is 14.0. The van der Waals surface area contributed by atoms with E-state index < -0.39 is 28.5 Å². The Balaban J connectivity index is 2.08. The van der Waals surface area contributed by atoms with E-state index in [4.69, 9.17) is 32.7 Å². The number of likely N-dealkylation sites (N-methyl/N-ethyl adjacent to an activating group) is 1. The molecular weight excluding hydrogens is 577 g/mol. The highest BCUT2D eigenvalue weighted by atomic mass is 35.5. The molecule has 0 saturated heterocycles. The van der Waals surface area contributed by atoms with E-state index in [1.807, 2.05) is 0 Å². The molecule has 0 aliphatic heterocycles. The van der Waals surface area contributed by atoms with E-state index in [1.165, 1.54) is 44.4 Å². The van der Waals surface area contributed by atoms with Gasteiger partial charge >= 0.3 is 0 Å². The smallest absolute Gasteiger partial charge is 0.264 e. The molecule has 40 heavy (non-hydrogen) atoms. The first kappa shape index (κ1) is 31.1. The number of hydrogen-bond acceptors (Lipinski definition) is 6. The monoisotopic (exact) mass is 607 g/mol. The van der Waals surface area contributed by atoms with Gasteiger partial charge in [0.25, 0.3) is 10.0 Å². The van der Waals surface area contributed by atoms with Crippen LogP contribution in [0.2, 0.25) is 10.0 Å². The summed E-state index contributed by atoms with van der Waals surface area (Å²) in [4.78, 5) is 28.0. The number of nitrogens with one attached hydrogen (secondary N) is 1. The minimum atomic E-state index is -4.27. The highest BCUT2D eigenvalue weighted by Gasteiger charge is 2.33. The first-order valence-electron chi connectivity index (χ1n) is 12.3. The molecule has 9 nitrogen and oxygen atoms in total. The number of nitrogens with zero attached hydrogens (tertiary/aromatic N) is 2. The van der Waals surface area contributed by atoms with E-state index in [0.717, 1.165) is 4.31 Å². The molecule has 1 atom stereocenters. The van der Waals surface area contributed by atoms with Crippen molar-refractivity contribution in [3.8, 4) is 11.5 Å². The Labute approximate surface area is 244 Å². The fourth-order valence-electron chi connectivity index (χ4n) is 4.15. The third-order valence-electron chi connectivity index (χ3n) is 6.24. The second-order valence-electron chi connectivity index (χ2n) is 8.67. The normalized spacial score (nSPS) is 11.8. The average Bonchev–Trinajstić information content (AvgIpc) is 2.97. The maximum Gasteiger partial charge on any atom is 0.264 e. The molecule has 0 radical (unpaired) electrons. The van der Waals surface area contributed by atoms with Crippen LogP contribution in [0.15, 0.2) is 71.6 Å². The number of hydrogen-bond donors (Lipinski definition) is 1. The lowest BCUT2D eigenvalue weighted by Gasteiger charge is -2.33. The first-order valence-corrected chi connectivity index (χ1v) is 14.5. The quantitative estimate of drug-likeness (QED) is 0.318. The third kappa shape index (κ3) is 6.99. The number of anilines is 1. The van der Waals surface area contributed by atoms with Gasteiger partial charge in [0.1, 0.15) is 12.6 Å². The van der Waals surface area contributed by atoms with Gasteiger partial charge in [0.05, 0.1) is 34.8 Å². The molecule has 1 N–H and O–H groups in total. The molecule has 2 amide bonds. The fourth-order valence-corrected chi connectivity index (χ4v) is 5.90. The van der Waals surface area contributed by atoms with Crippen LogP contribution in [0.3, 0.4) is 0 Å². The number of rotatable bonds is 12. The van der Waals surface area contributed by atoms with Crippen LogP contribution in [0.4, 0.5) is 5.69 Å². The molecular formula is C28H31Cl2N3O6S. The molecule has 3 aromatic rings. The van der Waals surface area contributed by atoms with E-state index in [9.17, 15) is 18.0 Å². The molecule has 0 aliphatic rings. The number of methoxy groups -OCH3 is 2. The van der Waals surface area contributed by atoms with Gasteiger partial charge in [-0.3, -0.25) is 13.9 Å². The lowest BCUT2D eigenvalue weighted by Crippen LogP contribution is -2.51. The third-order valence-corrected chi connectivity index (χ3v) is 8.74. The molecule has 0 bridgehead atoms. The van der Waals surface area contributed by atoms with E-state index in [1.54, 1.807) is 55.5 Å². The summed E-state index contributed by atoms with van der Waals surface area (Å²) >= 11 is 12.3. The molecule has 0 aliphatic carbocycles. The van der Waals surface area contributed by atoms with Crippen molar-refractivity contribution >= 4 is 50.7 Å². The van der Waals surface area contributed by atoms with Gasteiger partial charge in [-0.05, 0) is 48.4 Å². The van der Waals surface area contributed by atoms with Crippen LogP contribution in [0.5, 0.6) is 11.5 Å². The Morgan fingerprint density at radius 1 is 0.925 bits per heavy atom. The van der Waals surface area contributed by atoms with Crippen LogP contribution in [0.1, 0.15) is 18.9 Å². The number of halogens is 2. The molecule has 214 valence electrons. The van der Waals surface area contributed by atoms with E-state index in [2.05, 4.69) is 5.32 Å². The molecule has 3 rings (SSSR count). The highest BCUT2D eigenvalue weighted by Crippen LogP contribution is 2.32. The SMILES string of the molecule is CC[C@H](C(=O)NC)N(Cc1ccc(Cl)c(Cl)c1)C(=O)CN(c1ccccc1)S(=O)(=O)c1ccc(OC)c(OC)c1. The largest absolute Gasteiger partial charge is 0.493 e. The second kappa shape index (κ2) is 13.7. The predicted octanol–water partition coefficient (Wildman–Crippen LogP) is 4.76. The van der Waals surface area contributed by atoms with Crippen LogP contribution < -0.4 is 19.1 Å². The maximum atomic E-state index is 14.0. The number of carbonyl (C=O) groups excluding carboxylic acids is 2. The van der Waals surface area contributed by atoms with Gasteiger partial charge < -0.3 is 19.7 Å². The number of amides is 2. The Morgan fingerprint density at radius 2 is 1.60 bits per heavy atom. The van der Waals surface area contributed by atoms with Crippen molar-refractivity contribution in [2.24, 2.45) is 0 Å². The lowest BCUT2D eigenvalue weighted by molar-refractivity contribution is -0.140. The number of ether oxygens (including phenoxy) is 2. The van der Waals surface area contributed by atoms with Crippen LogP contribution in [-0.4, -0.2) is 59.0 Å². The van der Waals surface area contributed by atoms with Gasteiger partial charge in [-0.1, -0.05) is 54.4 Å². The summed E-state index contributed by atoms with van der Waals surface area (Å²) in [6.45, 7) is 1.19. The number of para-hydroxylation sites is 1. The molecule has 0 fully saturated rings. The van der Waals surface area contributed by atoms with E-state index in [0.29, 0.717) is 27.8 Å². The van der Waals surface area contributed by atoms with Crippen molar-refractivity contribution in [1.82, 2.24) is 10.2 Å². The second-order valence-corrected chi connectivity index (χ2v) is 11.3. The van der Waals surface area contributed by atoms with Crippen molar-refractivity contribution < 1.29 is 27.5 Å². The Kier molecular flexibility index (Phi) is 10.7. The van der Waals surface area contributed by atoms with Crippen LogP contribution >= 0.6 is 23.2 Å². The van der Waals surface area contributed by atoms with E-state index >= 15 is 0 Å². The van der Waals surface area contributed by atoms with Gasteiger partial charge in [-0.25, -0.2) is 8.42 Å². The molecule has 0 unspecified atom stereocenters. The zero-order valence-electron chi connectivity index (χ0n) is 22.6. The molecule has 12 heteroatoms. The summed E-state index contributed by atoms with van der Waals surface area (Å²) in [5, 5.41) is 3.22. The van der Waals surface area contributed by atoms with Gasteiger partial charge in [-0.15, -0.1) is 0 Å². The number of sulfonamides is 1. The molecule has 0 spiro atoms. The topological polar surface area (TPSA) is 105 Å². The van der Waals surface area contributed by atoms with Crippen LogP contribution in [-0.2, 0) is 26.2 Å². The lowest BCUT2D eigenvalue weighted by atomic mass is 10.1. The Morgan fingerprint density at radius 3 is 2.17 bits per heavy atom. The van der Waals surface area contributed by atoms with Gasteiger partial charge in [-0.2, -0.15) is 0 Å². The fraction of sp³-hybridized carbons (Fsp3) is 0.286. The average molecular weight is 609 g/mol. The summed E-state index contributed by atoms with van der Waals surface area (Å²) in [5.41, 5.74) is 0.896. The van der Waals surface area contributed by atoms with Crippen molar-refractivity contribution in [2.75, 3.05) is 32.1 Å². The summed E-state index contributed by atoms with van der Waals surface area (Å²) in [7, 11) is 0.0488. The molecule has 0 heterocycles. The Bertz CT molecular complexity index is 1450. The van der Waals surface area contributed by atoms with Crippen molar-refractivity contribution in [2.45, 2.75) is 30.8 Å². The highest BCUT2D eigenvalue weighted by molar-refractivity contribution is 7.92. The summed E-state index contributed by atoms with van der Waals surface area (Å²) in [6, 6.07) is 16.5. The van der Waals surface area contributed by atoms with Crippen molar-refractivity contribution in [1.29, 1.82) is 0 Å². The van der Waals surface area contributed by atoms with Crippen molar-refractivity contribution in [3.05, 3.63) is 82.3 Å². The van der Waals surface area contributed by atoms with Gasteiger partial charge in [0.15, 0.2) is 11.5 Å². The minimum absolute atomic E-state index is 0.000679. The molecule has 0 saturated carbocycles. The standard InChI is InChI=1S/C28H31Cl2N3O6S/c1-5-24(28(35)31-2)32(17-19-11-13-22(29)23(30)15-19)27(34)18-33(20-9-7-6-8-10-20)40(36,37)21-12-14-25(38-3)26(16-21)39-4/h6-16,24H,5,17-18H2,1-4H3,(H,31,35)/t24-/m1/s1. The summed E-state index contributed by atoms with van der Waals surface area (Å²) in [5.74, 6) is -0.401. The zero-order chi connectivity index (χ0) is 29.4. The molecule has 0 aromatic heterocycles.